The summed E-state index contributed by atoms with van der Waals surface area (Å²) >= 11 is 0. The molecule has 4 rings (SSSR count). The van der Waals surface area contributed by atoms with Crippen molar-refractivity contribution < 1.29 is 32.2 Å². The number of nitrogens with one attached hydrogen (secondary N) is 1. The van der Waals surface area contributed by atoms with E-state index in [1.165, 1.54) is 16.4 Å². The molecule has 9 nitrogen and oxygen atoms in total. The number of esters is 1. The maximum atomic E-state index is 13.0. The Morgan fingerprint density at radius 1 is 1.06 bits per heavy atom. The number of benzene rings is 2. The average Bonchev–Trinajstić information content (AvgIpc) is 3.29. The van der Waals surface area contributed by atoms with Gasteiger partial charge in [-0.05, 0) is 49.1 Å². The number of hydrogen-bond donors (Lipinski definition) is 1. The van der Waals surface area contributed by atoms with Crippen LogP contribution in [0.4, 0.5) is 0 Å². The van der Waals surface area contributed by atoms with Crippen LogP contribution in [0.3, 0.4) is 0 Å². The molecule has 170 valence electrons. The number of amides is 1. The van der Waals surface area contributed by atoms with Crippen molar-refractivity contribution in [1.82, 2.24) is 9.62 Å². The van der Waals surface area contributed by atoms with Crippen molar-refractivity contribution in [2.75, 3.05) is 19.9 Å². The fraction of sp³-hybridized carbons (Fsp3) is 0.364. The molecule has 1 fully saturated rings. The second kappa shape index (κ2) is 9.58. The first kappa shape index (κ1) is 22.1. The van der Waals surface area contributed by atoms with Gasteiger partial charge in [0.1, 0.15) is 6.04 Å². The van der Waals surface area contributed by atoms with Crippen molar-refractivity contribution in [1.29, 1.82) is 0 Å². The number of carbonyl (C=O) groups is 2. The summed E-state index contributed by atoms with van der Waals surface area (Å²) in [6.45, 7) is 0.136. The zero-order chi connectivity index (χ0) is 22.6. The summed E-state index contributed by atoms with van der Waals surface area (Å²) in [6, 6.07) is 12.4. The molecule has 0 spiro atoms. The number of carbonyl (C=O) groups excluding carboxylic acids is 2. The molecule has 2 heterocycles. The van der Waals surface area contributed by atoms with Crippen LogP contribution in [0.15, 0.2) is 53.4 Å². The minimum Gasteiger partial charge on any atom is -0.454 e. The predicted octanol–water partition coefficient (Wildman–Crippen LogP) is 1.82. The largest absolute Gasteiger partial charge is 0.454 e. The minimum atomic E-state index is -3.84. The molecule has 0 saturated carbocycles. The highest BCUT2D eigenvalue weighted by atomic mass is 32.2. The monoisotopic (exact) mass is 460 g/mol. The Labute approximate surface area is 186 Å². The summed E-state index contributed by atoms with van der Waals surface area (Å²) in [5, 5.41) is 2.67. The van der Waals surface area contributed by atoms with E-state index in [4.69, 9.17) is 14.2 Å². The Morgan fingerprint density at radius 2 is 1.84 bits per heavy atom. The molecule has 1 atom stereocenters. The first-order valence-corrected chi connectivity index (χ1v) is 11.8. The third kappa shape index (κ3) is 4.86. The van der Waals surface area contributed by atoms with Gasteiger partial charge >= 0.3 is 5.97 Å². The summed E-state index contributed by atoms with van der Waals surface area (Å²) < 4.78 is 42.9. The van der Waals surface area contributed by atoms with Crippen molar-refractivity contribution >= 4 is 21.9 Å². The molecule has 2 aliphatic heterocycles. The number of ether oxygens (including phenoxy) is 3. The zero-order valence-electron chi connectivity index (χ0n) is 17.4. The smallest absolute Gasteiger partial charge is 0.324 e. The third-order valence-corrected chi connectivity index (χ3v) is 7.27. The molecule has 0 radical (unpaired) electrons. The fourth-order valence-electron chi connectivity index (χ4n) is 3.69. The molecule has 2 aromatic carbocycles. The molecule has 0 bridgehead atoms. The van der Waals surface area contributed by atoms with Crippen LogP contribution >= 0.6 is 0 Å². The molecule has 1 N–H and O–H groups in total. The Morgan fingerprint density at radius 3 is 2.66 bits per heavy atom. The average molecular weight is 461 g/mol. The van der Waals surface area contributed by atoms with E-state index < -0.39 is 34.5 Å². The van der Waals surface area contributed by atoms with Gasteiger partial charge in [-0.25, -0.2) is 8.42 Å². The molecule has 2 aliphatic rings. The Bertz CT molecular complexity index is 1090. The van der Waals surface area contributed by atoms with Crippen LogP contribution in [0.2, 0.25) is 0 Å². The van der Waals surface area contributed by atoms with E-state index in [1.807, 2.05) is 0 Å². The second-order valence-corrected chi connectivity index (χ2v) is 9.40. The first-order chi connectivity index (χ1) is 15.4. The zero-order valence-corrected chi connectivity index (χ0v) is 18.2. The van der Waals surface area contributed by atoms with Crippen molar-refractivity contribution in [3.8, 4) is 11.5 Å². The molecular formula is C22H24N2O7S. The van der Waals surface area contributed by atoms with E-state index >= 15 is 0 Å². The van der Waals surface area contributed by atoms with Gasteiger partial charge in [0.15, 0.2) is 18.1 Å². The molecule has 0 aliphatic carbocycles. The van der Waals surface area contributed by atoms with E-state index in [-0.39, 0.29) is 24.8 Å². The quantitative estimate of drug-likeness (QED) is 0.628. The van der Waals surface area contributed by atoms with Gasteiger partial charge in [0.2, 0.25) is 16.8 Å². The fourth-order valence-corrected chi connectivity index (χ4v) is 5.36. The van der Waals surface area contributed by atoms with Crippen LogP contribution < -0.4 is 14.8 Å². The van der Waals surface area contributed by atoms with Crippen molar-refractivity contribution in [2.24, 2.45) is 0 Å². The molecule has 10 heteroatoms. The lowest BCUT2D eigenvalue weighted by Gasteiger charge is -2.32. The van der Waals surface area contributed by atoms with Gasteiger partial charge in [-0.15, -0.1) is 0 Å². The van der Waals surface area contributed by atoms with Gasteiger partial charge in [-0.3, -0.25) is 9.59 Å². The lowest BCUT2D eigenvalue weighted by molar-refractivity contribution is -0.153. The molecule has 2 aromatic rings. The topological polar surface area (TPSA) is 111 Å². The summed E-state index contributed by atoms with van der Waals surface area (Å²) in [4.78, 5) is 24.9. The third-order valence-electron chi connectivity index (χ3n) is 5.35. The maximum Gasteiger partial charge on any atom is 0.324 e. The highest BCUT2D eigenvalue weighted by Crippen LogP contribution is 2.32. The van der Waals surface area contributed by atoms with Gasteiger partial charge in [0, 0.05) is 13.1 Å². The normalized spacial score (nSPS) is 18.2. The van der Waals surface area contributed by atoms with Gasteiger partial charge < -0.3 is 19.5 Å². The van der Waals surface area contributed by atoms with Crippen LogP contribution in [0, 0.1) is 0 Å². The molecule has 0 aromatic heterocycles. The van der Waals surface area contributed by atoms with E-state index in [2.05, 4.69) is 5.32 Å². The number of nitrogens with zero attached hydrogens (tertiary/aromatic N) is 1. The highest BCUT2D eigenvalue weighted by Gasteiger charge is 2.38. The van der Waals surface area contributed by atoms with E-state index in [1.54, 1.807) is 36.4 Å². The summed E-state index contributed by atoms with van der Waals surface area (Å²) in [6.07, 6.45) is 1.71. The van der Waals surface area contributed by atoms with Crippen LogP contribution in [0.1, 0.15) is 24.8 Å². The molecular weight excluding hydrogens is 436 g/mol. The van der Waals surface area contributed by atoms with Crippen LogP contribution in [0.5, 0.6) is 11.5 Å². The van der Waals surface area contributed by atoms with Gasteiger partial charge in [-0.1, -0.05) is 24.3 Å². The van der Waals surface area contributed by atoms with E-state index in [0.717, 1.165) is 5.56 Å². The molecule has 32 heavy (non-hydrogen) atoms. The van der Waals surface area contributed by atoms with Crippen LogP contribution in [0.25, 0.3) is 0 Å². The van der Waals surface area contributed by atoms with Gasteiger partial charge in [0.25, 0.3) is 5.91 Å². The Balaban J connectivity index is 1.32. The van der Waals surface area contributed by atoms with Crippen molar-refractivity contribution in [3.63, 3.8) is 0 Å². The minimum absolute atomic E-state index is 0.126. The number of fused-ring (bicyclic) bond motifs is 1. The maximum absolute atomic E-state index is 13.0. The van der Waals surface area contributed by atoms with Crippen LogP contribution in [-0.4, -0.2) is 50.6 Å². The summed E-state index contributed by atoms with van der Waals surface area (Å²) in [5.41, 5.74) is 0.807. The summed E-state index contributed by atoms with van der Waals surface area (Å²) in [5.74, 6) is 0.0587. The second-order valence-electron chi connectivity index (χ2n) is 7.51. The SMILES string of the molecule is O=C(COC(=O)C1CCCCN1S(=O)(=O)c1ccccc1)NCc1ccc2c(c1)OCO2. The van der Waals surface area contributed by atoms with Crippen molar-refractivity contribution in [2.45, 2.75) is 36.7 Å². The number of rotatable bonds is 7. The Hall–Kier alpha value is -3.11. The number of sulfonamides is 1. The van der Waals surface area contributed by atoms with E-state index in [0.29, 0.717) is 30.8 Å². The summed E-state index contributed by atoms with van der Waals surface area (Å²) in [7, 11) is -3.84. The van der Waals surface area contributed by atoms with E-state index in [9.17, 15) is 18.0 Å². The standard InChI is InChI=1S/C22H24N2O7S/c25-21(23-13-16-9-10-19-20(12-16)31-15-30-19)14-29-22(26)18-8-4-5-11-24(18)32(27,28)17-6-2-1-3-7-17/h1-3,6-7,9-10,12,18H,4-5,8,11,13-15H2,(H,23,25). The number of piperidine rings is 1. The molecule has 1 amide bonds. The van der Waals surface area contributed by atoms with Crippen LogP contribution in [-0.2, 0) is 30.9 Å². The van der Waals surface area contributed by atoms with Gasteiger partial charge in [0.05, 0.1) is 4.90 Å². The molecule has 1 saturated heterocycles. The molecule has 1 unspecified atom stereocenters. The predicted molar refractivity (Wildman–Crippen MR) is 113 cm³/mol. The van der Waals surface area contributed by atoms with Crippen molar-refractivity contribution in [3.05, 3.63) is 54.1 Å². The lowest BCUT2D eigenvalue weighted by Crippen LogP contribution is -2.49. The highest BCUT2D eigenvalue weighted by molar-refractivity contribution is 7.89. The number of hydrogen-bond acceptors (Lipinski definition) is 7. The lowest BCUT2D eigenvalue weighted by atomic mass is 10.1. The van der Waals surface area contributed by atoms with Gasteiger partial charge in [-0.2, -0.15) is 4.31 Å². The Kier molecular flexibility index (Phi) is 6.61. The first-order valence-electron chi connectivity index (χ1n) is 10.3.